The molecule has 2 aromatic heterocycles. The molecule has 1 N–H and O–H groups in total. The van der Waals surface area contributed by atoms with Gasteiger partial charge in [-0.2, -0.15) is 0 Å². The molecule has 0 bridgehead atoms. The Kier molecular flexibility index (Phi) is 2.50. The quantitative estimate of drug-likeness (QED) is 0.450. The SMILES string of the molecule is O=C(Oc1ccc2ocnc2c1)c1ccc2cc[nH]c2c1. The first-order valence-electron chi connectivity index (χ1n) is 6.42. The molecule has 0 atom stereocenters. The smallest absolute Gasteiger partial charge is 0.343 e. The third kappa shape index (κ3) is 2.04. The lowest BCUT2D eigenvalue weighted by atomic mass is 10.1. The van der Waals surface area contributed by atoms with Crippen molar-refractivity contribution < 1.29 is 13.9 Å². The van der Waals surface area contributed by atoms with Gasteiger partial charge < -0.3 is 14.1 Å². The molecule has 2 aromatic carbocycles. The molecule has 2 heterocycles. The number of nitrogens with one attached hydrogen (secondary N) is 1. The molecule has 102 valence electrons. The Morgan fingerprint density at radius 2 is 2.10 bits per heavy atom. The van der Waals surface area contributed by atoms with Crippen molar-refractivity contribution in [2.45, 2.75) is 0 Å². The lowest BCUT2D eigenvalue weighted by molar-refractivity contribution is 0.0735. The second-order valence-corrected chi connectivity index (χ2v) is 4.65. The second-order valence-electron chi connectivity index (χ2n) is 4.65. The monoisotopic (exact) mass is 278 g/mol. The molecule has 5 heteroatoms. The third-order valence-electron chi connectivity index (χ3n) is 3.30. The summed E-state index contributed by atoms with van der Waals surface area (Å²) in [4.78, 5) is 19.3. The van der Waals surface area contributed by atoms with Crippen molar-refractivity contribution in [1.29, 1.82) is 0 Å². The van der Waals surface area contributed by atoms with Crippen LogP contribution in [0.1, 0.15) is 10.4 Å². The van der Waals surface area contributed by atoms with Crippen LogP contribution in [0.5, 0.6) is 5.75 Å². The van der Waals surface area contributed by atoms with Gasteiger partial charge in [-0.25, -0.2) is 9.78 Å². The Morgan fingerprint density at radius 3 is 3.05 bits per heavy atom. The van der Waals surface area contributed by atoms with Gasteiger partial charge in [-0.15, -0.1) is 0 Å². The molecule has 0 radical (unpaired) electrons. The fourth-order valence-corrected chi connectivity index (χ4v) is 2.24. The van der Waals surface area contributed by atoms with Gasteiger partial charge >= 0.3 is 5.97 Å². The molecule has 0 aliphatic carbocycles. The number of rotatable bonds is 2. The van der Waals surface area contributed by atoms with Crippen LogP contribution in [0.4, 0.5) is 0 Å². The summed E-state index contributed by atoms with van der Waals surface area (Å²) in [6.45, 7) is 0. The Labute approximate surface area is 119 Å². The lowest BCUT2D eigenvalue weighted by Crippen LogP contribution is -2.08. The number of aromatic amines is 1. The summed E-state index contributed by atoms with van der Waals surface area (Å²) in [7, 11) is 0. The van der Waals surface area contributed by atoms with Crippen LogP contribution in [0, 0.1) is 0 Å². The van der Waals surface area contributed by atoms with Gasteiger partial charge in [-0.1, -0.05) is 6.07 Å². The number of benzene rings is 2. The average molecular weight is 278 g/mol. The molecule has 0 aliphatic heterocycles. The summed E-state index contributed by atoms with van der Waals surface area (Å²) in [6.07, 6.45) is 3.19. The van der Waals surface area contributed by atoms with E-state index in [1.165, 1.54) is 6.39 Å². The van der Waals surface area contributed by atoms with E-state index in [2.05, 4.69) is 9.97 Å². The minimum absolute atomic E-state index is 0.408. The van der Waals surface area contributed by atoms with Crippen LogP contribution in [0.3, 0.4) is 0 Å². The van der Waals surface area contributed by atoms with Crippen LogP contribution in [0.2, 0.25) is 0 Å². The molecule has 4 rings (SSSR count). The molecule has 0 unspecified atom stereocenters. The van der Waals surface area contributed by atoms with Crippen molar-refractivity contribution in [2.24, 2.45) is 0 Å². The molecule has 0 saturated heterocycles. The van der Waals surface area contributed by atoms with Crippen molar-refractivity contribution in [2.75, 3.05) is 0 Å². The van der Waals surface area contributed by atoms with Crippen LogP contribution < -0.4 is 4.74 Å². The fourth-order valence-electron chi connectivity index (χ4n) is 2.24. The third-order valence-corrected chi connectivity index (χ3v) is 3.30. The van der Waals surface area contributed by atoms with Gasteiger partial charge in [-0.05, 0) is 35.7 Å². The van der Waals surface area contributed by atoms with Crippen LogP contribution in [0.15, 0.2) is 59.5 Å². The number of nitrogens with zero attached hydrogens (tertiary/aromatic N) is 1. The van der Waals surface area contributed by atoms with Crippen LogP contribution in [-0.2, 0) is 0 Å². The number of hydrogen-bond acceptors (Lipinski definition) is 4. The van der Waals surface area contributed by atoms with Crippen LogP contribution in [-0.4, -0.2) is 15.9 Å². The largest absolute Gasteiger partial charge is 0.443 e. The molecule has 0 saturated carbocycles. The number of aromatic nitrogens is 2. The summed E-state index contributed by atoms with van der Waals surface area (Å²) in [6, 6.07) is 12.4. The Hall–Kier alpha value is -3.08. The zero-order valence-corrected chi connectivity index (χ0v) is 10.9. The first kappa shape index (κ1) is 11.7. The van der Waals surface area contributed by atoms with E-state index in [1.807, 2.05) is 18.3 Å². The van der Waals surface area contributed by atoms with E-state index in [4.69, 9.17) is 9.15 Å². The molecule has 21 heavy (non-hydrogen) atoms. The highest BCUT2D eigenvalue weighted by molar-refractivity contribution is 5.95. The van der Waals surface area contributed by atoms with Gasteiger partial charge in [-0.3, -0.25) is 0 Å². The molecule has 0 fully saturated rings. The summed E-state index contributed by atoms with van der Waals surface area (Å²) >= 11 is 0. The maximum atomic E-state index is 12.2. The lowest BCUT2D eigenvalue weighted by Gasteiger charge is -2.04. The standard InChI is InChI=1S/C16H10N2O3/c19-16(11-2-1-10-5-6-17-13(10)7-11)21-12-3-4-15-14(8-12)18-9-20-15/h1-9,17H. The molecule has 0 spiro atoms. The Morgan fingerprint density at radius 1 is 1.14 bits per heavy atom. The number of H-pyrrole nitrogens is 1. The molecular formula is C16H10N2O3. The van der Waals surface area contributed by atoms with E-state index < -0.39 is 5.97 Å². The maximum Gasteiger partial charge on any atom is 0.343 e. The van der Waals surface area contributed by atoms with Gasteiger partial charge in [0.1, 0.15) is 11.3 Å². The maximum absolute atomic E-state index is 12.2. The van der Waals surface area contributed by atoms with E-state index >= 15 is 0 Å². The number of ether oxygens (including phenoxy) is 1. The first-order chi connectivity index (χ1) is 10.3. The first-order valence-corrected chi connectivity index (χ1v) is 6.42. The molecule has 5 nitrogen and oxygen atoms in total. The molecular weight excluding hydrogens is 268 g/mol. The number of carbonyl (C=O) groups excluding carboxylic acids is 1. The van der Waals surface area contributed by atoms with E-state index in [0.29, 0.717) is 22.4 Å². The van der Waals surface area contributed by atoms with Crippen molar-refractivity contribution in [3.63, 3.8) is 0 Å². The van der Waals surface area contributed by atoms with Gasteiger partial charge in [0.05, 0.1) is 5.56 Å². The van der Waals surface area contributed by atoms with Crippen LogP contribution >= 0.6 is 0 Å². The number of fused-ring (bicyclic) bond motifs is 2. The van der Waals surface area contributed by atoms with E-state index in [9.17, 15) is 4.79 Å². The predicted molar refractivity (Wildman–Crippen MR) is 77.3 cm³/mol. The van der Waals surface area contributed by atoms with E-state index in [-0.39, 0.29) is 0 Å². The van der Waals surface area contributed by atoms with Crippen molar-refractivity contribution in [1.82, 2.24) is 9.97 Å². The second kappa shape index (κ2) is 4.49. The van der Waals surface area contributed by atoms with Gasteiger partial charge in [0, 0.05) is 17.8 Å². The highest BCUT2D eigenvalue weighted by atomic mass is 16.5. The highest BCUT2D eigenvalue weighted by Gasteiger charge is 2.11. The zero-order valence-electron chi connectivity index (χ0n) is 10.9. The number of carbonyl (C=O) groups is 1. The predicted octanol–water partition coefficient (Wildman–Crippen LogP) is 3.53. The molecule has 0 amide bonds. The summed E-state index contributed by atoms with van der Waals surface area (Å²) in [5.41, 5.74) is 2.70. The molecule has 0 aliphatic rings. The van der Waals surface area contributed by atoms with Crippen molar-refractivity contribution in [3.05, 3.63) is 60.6 Å². The minimum Gasteiger partial charge on any atom is -0.443 e. The minimum atomic E-state index is -0.408. The number of esters is 1. The van der Waals surface area contributed by atoms with E-state index in [0.717, 1.165) is 10.9 Å². The summed E-state index contributed by atoms with van der Waals surface area (Å²) in [5.74, 6) is 0.0299. The number of hydrogen-bond donors (Lipinski definition) is 1. The Bertz CT molecular complexity index is 952. The average Bonchev–Trinajstić information content (AvgIpc) is 3.14. The summed E-state index contributed by atoms with van der Waals surface area (Å²) < 4.78 is 10.5. The topological polar surface area (TPSA) is 68.1 Å². The normalized spacial score (nSPS) is 11.0. The van der Waals surface area contributed by atoms with Crippen molar-refractivity contribution >= 4 is 28.0 Å². The summed E-state index contributed by atoms with van der Waals surface area (Å²) in [5, 5.41) is 1.05. The Balaban J connectivity index is 1.64. The van der Waals surface area contributed by atoms with Gasteiger partial charge in [0.2, 0.25) is 0 Å². The zero-order chi connectivity index (χ0) is 14.2. The van der Waals surface area contributed by atoms with Gasteiger partial charge in [0.15, 0.2) is 12.0 Å². The van der Waals surface area contributed by atoms with Crippen LogP contribution in [0.25, 0.3) is 22.0 Å². The molecule has 4 aromatic rings. The fraction of sp³-hybridized carbons (Fsp3) is 0. The highest BCUT2D eigenvalue weighted by Crippen LogP contribution is 2.21. The van der Waals surface area contributed by atoms with Gasteiger partial charge in [0.25, 0.3) is 0 Å². The number of oxazole rings is 1. The van der Waals surface area contributed by atoms with Crippen molar-refractivity contribution in [3.8, 4) is 5.75 Å². The van der Waals surface area contributed by atoms with E-state index in [1.54, 1.807) is 30.3 Å².